The number of hydrogen-bond donors (Lipinski definition) is 2. The van der Waals surface area contributed by atoms with Crippen molar-refractivity contribution in [1.82, 2.24) is 0 Å². The number of carbonyl (C=O) groups is 1. The third-order valence-electron chi connectivity index (χ3n) is 0.520. The molecular weight excluding hydrogens is 197 g/mol. The summed E-state index contributed by atoms with van der Waals surface area (Å²) in [5, 5.41) is 15.7. The summed E-state index contributed by atoms with van der Waals surface area (Å²) in [6.45, 7) is 0. The van der Waals surface area contributed by atoms with E-state index in [1.54, 1.807) is 0 Å². The molecule has 0 bridgehead atoms. The van der Waals surface area contributed by atoms with E-state index >= 15 is 0 Å². The summed E-state index contributed by atoms with van der Waals surface area (Å²) in [5.41, 5.74) is 0. The van der Waals surface area contributed by atoms with Gasteiger partial charge in [-0.05, 0) is 7.60 Å². The van der Waals surface area contributed by atoms with Gasteiger partial charge in [0, 0.05) is 0 Å². The van der Waals surface area contributed by atoms with Gasteiger partial charge in [0.15, 0.2) is 5.85 Å². The minimum atomic E-state index is -5.36. The Bertz CT molecular complexity index is 164. The number of hydrogen-bond acceptors (Lipinski definition) is 5. The zero-order valence-electron chi connectivity index (χ0n) is 6.05. The van der Waals surface area contributed by atoms with Crippen molar-refractivity contribution in [1.29, 1.82) is 0 Å². The number of aliphatic carboxylic acids is 1. The van der Waals surface area contributed by atoms with Gasteiger partial charge in [-0.1, -0.05) is 0 Å². The Morgan fingerprint density at radius 3 is 1.64 bits per heavy atom. The van der Waals surface area contributed by atoms with Gasteiger partial charge in [0.25, 0.3) is 0 Å². The molecule has 0 spiro atoms. The fourth-order valence-electron chi connectivity index (χ4n) is 0.135. The van der Waals surface area contributed by atoms with Crippen LogP contribution in [-0.4, -0.2) is 22.0 Å². The van der Waals surface area contributed by atoms with Crippen LogP contribution in [0.1, 0.15) is 0 Å². The first-order valence-corrected chi connectivity index (χ1v) is 3.39. The van der Waals surface area contributed by atoms with Gasteiger partial charge in [-0.2, -0.15) is 0 Å². The molecule has 0 saturated heterocycles. The Hall–Kier alpha value is 1.58. The molecule has 9 heteroatoms. The molecule has 0 amide bonds. The zero-order chi connectivity index (χ0) is 7.65. The van der Waals surface area contributed by atoms with E-state index in [4.69, 9.17) is 10.2 Å². The van der Waals surface area contributed by atoms with E-state index in [9.17, 15) is 19.1 Å². The molecule has 0 aromatic rings. The molecule has 0 aliphatic carbocycles. The quantitative estimate of drug-likeness (QED) is 0.337. The van der Waals surface area contributed by atoms with Gasteiger partial charge < -0.3 is 24.6 Å². The Morgan fingerprint density at radius 2 is 1.64 bits per heavy atom. The summed E-state index contributed by atoms with van der Waals surface area (Å²) in [6, 6.07) is 0. The van der Waals surface area contributed by atoms with Crippen LogP contribution in [0.25, 0.3) is 0 Å². The second-order valence-electron chi connectivity index (χ2n) is 1.25. The summed E-state index contributed by atoms with van der Waals surface area (Å²) in [7, 11) is -5.36. The van der Waals surface area contributed by atoms with Crippen molar-refractivity contribution in [2.24, 2.45) is 0 Å². The fourth-order valence-corrected chi connectivity index (χ4v) is 0.406. The molecule has 0 aromatic heterocycles. The summed E-state index contributed by atoms with van der Waals surface area (Å²) in [6.07, 6.45) is 0. The van der Waals surface area contributed by atoms with Gasteiger partial charge in [-0.25, -0.2) is 4.79 Å². The Kier molecular flexibility index (Phi) is 11.7. The predicted octanol–water partition coefficient (Wildman–Crippen LogP) is -8.69. The van der Waals surface area contributed by atoms with Crippen molar-refractivity contribution in [3.63, 3.8) is 0 Å². The van der Waals surface area contributed by atoms with E-state index in [0.29, 0.717) is 0 Å². The van der Waals surface area contributed by atoms with Crippen molar-refractivity contribution < 1.29 is 88.5 Å². The van der Waals surface area contributed by atoms with Crippen LogP contribution in [0.15, 0.2) is 0 Å². The SMILES string of the molecule is O=C(O)C(O)P(=O)([O-])[O-].[Na+].[Na+]. The molecule has 0 aliphatic heterocycles. The molecule has 6 nitrogen and oxygen atoms in total. The summed E-state index contributed by atoms with van der Waals surface area (Å²) < 4.78 is 9.61. The van der Waals surface area contributed by atoms with Crippen LogP contribution in [0.4, 0.5) is 0 Å². The number of carboxylic acids is 1. The summed E-state index contributed by atoms with van der Waals surface area (Å²) >= 11 is 0. The molecule has 1 unspecified atom stereocenters. The molecule has 0 aromatic carbocycles. The molecule has 0 radical (unpaired) electrons. The fraction of sp³-hybridized carbons (Fsp3) is 0.500. The first-order valence-electron chi connectivity index (χ1n) is 1.78. The predicted molar refractivity (Wildman–Crippen MR) is 21.2 cm³/mol. The third kappa shape index (κ3) is 7.93. The molecule has 2 N–H and O–H groups in total. The minimum Gasteiger partial charge on any atom is -0.809 e. The molecule has 0 fully saturated rings. The molecule has 1 atom stereocenters. The van der Waals surface area contributed by atoms with Crippen molar-refractivity contribution in [3.8, 4) is 0 Å². The van der Waals surface area contributed by atoms with Gasteiger partial charge in [-0.3, -0.25) is 0 Å². The minimum absolute atomic E-state index is 0. The largest absolute Gasteiger partial charge is 1.00 e. The van der Waals surface area contributed by atoms with Crippen LogP contribution in [-0.2, 0) is 9.36 Å². The Morgan fingerprint density at radius 1 is 1.36 bits per heavy atom. The van der Waals surface area contributed by atoms with Gasteiger partial charge in [-0.15, -0.1) is 0 Å². The first kappa shape index (κ1) is 18.4. The molecule has 0 aliphatic rings. The second-order valence-corrected chi connectivity index (χ2v) is 2.82. The average Bonchev–Trinajstić information content (AvgIpc) is 1.62. The van der Waals surface area contributed by atoms with E-state index < -0.39 is 19.4 Å². The number of aliphatic hydroxyl groups is 1. The van der Waals surface area contributed by atoms with Gasteiger partial charge in [0.05, 0.1) is 0 Å². The normalized spacial score (nSPS) is 12.3. The topological polar surface area (TPSA) is 121 Å². The van der Waals surface area contributed by atoms with Crippen LogP contribution >= 0.6 is 7.60 Å². The van der Waals surface area contributed by atoms with Crippen LogP contribution in [0.2, 0.25) is 0 Å². The molecular formula is C2H3Na2O6P. The Labute approximate surface area is 107 Å². The zero-order valence-corrected chi connectivity index (χ0v) is 10.9. The molecule has 54 valence electrons. The maximum Gasteiger partial charge on any atom is 1.00 e. The van der Waals surface area contributed by atoms with Gasteiger partial charge in [0.1, 0.15) is 0 Å². The number of carboxylic acid groups (broad SMARTS) is 1. The van der Waals surface area contributed by atoms with Crippen LogP contribution in [0.5, 0.6) is 0 Å². The van der Waals surface area contributed by atoms with Crippen LogP contribution in [0, 0.1) is 0 Å². The Balaban J connectivity index is -0.000000320. The maximum absolute atomic E-state index is 9.61. The average molecular weight is 200 g/mol. The van der Waals surface area contributed by atoms with Gasteiger partial charge >= 0.3 is 65.1 Å². The molecule has 0 saturated carbocycles. The third-order valence-corrected chi connectivity index (χ3v) is 1.34. The summed E-state index contributed by atoms with van der Waals surface area (Å²) in [5.74, 6) is -4.87. The second kappa shape index (κ2) is 7.03. The van der Waals surface area contributed by atoms with Crippen molar-refractivity contribution >= 4 is 13.6 Å². The van der Waals surface area contributed by atoms with E-state index in [1.165, 1.54) is 0 Å². The number of aliphatic hydroxyl groups excluding tert-OH is 1. The molecule has 0 rings (SSSR count). The van der Waals surface area contributed by atoms with E-state index in [1.807, 2.05) is 0 Å². The molecule has 11 heavy (non-hydrogen) atoms. The van der Waals surface area contributed by atoms with Crippen LogP contribution < -0.4 is 68.9 Å². The molecule has 0 heterocycles. The van der Waals surface area contributed by atoms with Crippen molar-refractivity contribution in [2.45, 2.75) is 5.85 Å². The van der Waals surface area contributed by atoms with Gasteiger partial charge in [0.2, 0.25) is 0 Å². The first-order chi connectivity index (χ1) is 3.85. The van der Waals surface area contributed by atoms with E-state index in [-0.39, 0.29) is 59.1 Å². The smallest absolute Gasteiger partial charge is 0.809 e. The standard InChI is InChI=1S/C2H5O6P.2Na/c3-1(4)2(5)9(6,7)8;;/h2,5H,(H,3,4)(H2,6,7,8);;/q;2*+1/p-2. The van der Waals surface area contributed by atoms with Crippen molar-refractivity contribution in [3.05, 3.63) is 0 Å². The maximum atomic E-state index is 9.61. The summed E-state index contributed by atoms with van der Waals surface area (Å²) in [4.78, 5) is 28.8. The number of rotatable bonds is 2. The van der Waals surface area contributed by atoms with E-state index in [0.717, 1.165) is 0 Å². The van der Waals surface area contributed by atoms with Crippen LogP contribution in [0.3, 0.4) is 0 Å². The van der Waals surface area contributed by atoms with Crippen molar-refractivity contribution in [2.75, 3.05) is 0 Å². The monoisotopic (exact) mass is 200 g/mol. The van der Waals surface area contributed by atoms with E-state index in [2.05, 4.69) is 0 Å².